The molecule has 0 aliphatic carbocycles. The lowest BCUT2D eigenvalue weighted by Crippen LogP contribution is -2.41. The molecule has 29 heavy (non-hydrogen) atoms. The van der Waals surface area contributed by atoms with Crippen LogP contribution in [0.2, 0.25) is 5.02 Å². The Balaban J connectivity index is 1.42. The standard InChI is InChI=1S/C20H28ClN5O3/c1-22-20(26-10-8-15(13-26)14-28-12-11-27-2)23-9-7-18-24-19(25-29-18)16-3-5-17(21)6-4-16/h3-6,15H,7-14H2,1-2H3,(H,22,23). The first-order chi connectivity index (χ1) is 14.2. The number of hydrogen-bond acceptors (Lipinski definition) is 6. The summed E-state index contributed by atoms with van der Waals surface area (Å²) in [5, 5.41) is 8.11. The van der Waals surface area contributed by atoms with Crippen LogP contribution in [0.3, 0.4) is 0 Å². The van der Waals surface area contributed by atoms with E-state index in [2.05, 4.69) is 25.3 Å². The van der Waals surface area contributed by atoms with Gasteiger partial charge in [-0.1, -0.05) is 16.8 Å². The summed E-state index contributed by atoms with van der Waals surface area (Å²) in [6.07, 6.45) is 1.72. The summed E-state index contributed by atoms with van der Waals surface area (Å²) in [5.74, 6) is 2.56. The van der Waals surface area contributed by atoms with E-state index in [9.17, 15) is 0 Å². The van der Waals surface area contributed by atoms with Crippen molar-refractivity contribution in [2.24, 2.45) is 10.9 Å². The molecule has 158 valence electrons. The third kappa shape index (κ3) is 6.42. The van der Waals surface area contributed by atoms with E-state index in [1.165, 1.54) is 0 Å². The molecule has 1 aromatic carbocycles. The fraction of sp³-hybridized carbons (Fsp3) is 0.550. The molecule has 0 amide bonds. The predicted octanol–water partition coefficient (Wildman–Crippen LogP) is 2.49. The summed E-state index contributed by atoms with van der Waals surface area (Å²) in [6.45, 7) is 4.61. The van der Waals surface area contributed by atoms with Crippen LogP contribution >= 0.6 is 11.6 Å². The largest absolute Gasteiger partial charge is 0.382 e. The molecule has 9 heteroatoms. The highest BCUT2D eigenvalue weighted by Crippen LogP contribution is 2.19. The number of aromatic nitrogens is 2. The van der Waals surface area contributed by atoms with Gasteiger partial charge < -0.3 is 24.2 Å². The van der Waals surface area contributed by atoms with Crippen molar-refractivity contribution in [2.75, 3.05) is 53.6 Å². The molecule has 1 aliphatic rings. The van der Waals surface area contributed by atoms with Crippen molar-refractivity contribution < 1.29 is 14.0 Å². The number of nitrogens with zero attached hydrogens (tertiary/aromatic N) is 4. The van der Waals surface area contributed by atoms with Crippen LogP contribution in [-0.4, -0.2) is 74.6 Å². The Kier molecular flexibility index (Phi) is 8.27. The van der Waals surface area contributed by atoms with Crippen LogP contribution in [0.25, 0.3) is 11.4 Å². The van der Waals surface area contributed by atoms with Crippen LogP contribution in [0, 0.1) is 5.92 Å². The second-order valence-electron chi connectivity index (χ2n) is 6.91. The molecule has 1 atom stereocenters. The summed E-state index contributed by atoms with van der Waals surface area (Å²) in [7, 11) is 3.49. The van der Waals surface area contributed by atoms with Gasteiger partial charge in [-0.15, -0.1) is 0 Å². The van der Waals surface area contributed by atoms with Crippen molar-refractivity contribution >= 4 is 17.6 Å². The Morgan fingerprint density at radius 3 is 2.93 bits per heavy atom. The van der Waals surface area contributed by atoms with Crippen molar-refractivity contribution in [1.82, 2.24) is 20.4 Å². The van der Waals surface area contributed by atoms with Gasteiger partial charge in [0.25, 0.3) is 0 Å². The van der Waals surface area contributed by atoms with Gasteiger partial charge in [-0.3, -0.25) is 4.99 Å². The number of nitrogens with one attached hydrogen (secondary N) is 1. The zero-order valence-corrected chi connectivity index (χ0v) is 17.7. The molecule has 1 unspecified atom stereocenters. The smallest absolute Gasteiger partial charge is 0.228 e. The predicted molar refractivity (Wildman–Crippen MR) is 112 cm³/mol. The third-order valence-corrected chi connectivity index (χ3v) is 5.03. The van der Waals surface area contributed by atoms with Crippen LogP contribution in [0.1, 0.15) is 12.3 Å². The number of benzene rings is 1. The Bertz CT molecular complexity index is 781. The minimum Gasteiger partial charge on any atom is -0.382 e. The van der Waals surface area contributed by atoms with Crippen LogP contribution < -0.4 is 5.32 Å². The minimum atomic E-state index is 0.517. The molecule has 1 aromatic heterocycles. The second-order valence-corrected chi connectivity index (χ2v) is 7.35. The van der Waals surface area contributed by atoms with Crippen molar-refractivity contribution in [2.45, 2.75) is 12.8 Å². The van der Waals surface area contributed by atoms with Gasteiger partial charge in [0.2, 0.25) is 11.7 Å². The number of halogens is 1. The first-order valence-corrected chi connectivity index (χ1v) is 10.2. The zero-order chi connectivity index (χ0) is 20.5. The van der Waals surface area contributed by atoms with E-state index in [0.29, 0.717) is 48.8 Å². The number of likely N-dealkylation sites (tertiary alicyclic amines) is 1. The fourth-order valence-corrected chi connectivity index (χ4v) is 3.37. The van der Waals surface area contributed by atoms with Crippen molar-refractivity contribution in [3.63, 3.8) is 0 Å². The highest BCUT2D eigenvalue weighted by molar-refractivity contribution is 6.30. The highest BCUT2D eigenvalue weighted by atomic mass is 35.5. The SMILES string of the molecule is CN=C(NCCc1nc(-c2ccc(Cl)cc2)no1)N1CCC(COCCOC)C1. The summed E-state index contributed by atoms with van der Waals surface area (Å²) in [6, 6.07) is 7.37. The molecule has 0 bridgehead atoms. The minimum absolute atomic E-state index is 0.517. The maximum absolute atomic E-state index is 5.92. The Morgan fingerprint density at radius 2 is 2.17 bits per heavy atom. The highest BCUT2D eigenvalue weighted by Gasteiger charge is 2.25. The maximum Gasteiger partial charge on any atom is 0.228 e. The van der Waals surface area contributed by atoms with Crippen LogP contribution in [0.15, 0.2) is 33.8 Å². The molecule has 3 rings (SSSR count). The molecule has 0 radical (unpaired) electrons. The molecule has 1 N–H and O–H groups in total. The molecular weight excluding hydrogens is 394 g/mol. The summed E-state index contributed by atoms with van der Waals surface area (Å²) >= 11 is 5.92. The van der Waals surface area contributed by atoms with Gasteiger partial charge in [-0.25, -0.2) is 0 Å². The molecule has 1 saturated heterocycles. The van der Waals surface area contributed by atoms with Crippen molar-refractivity contribution in [3.05, 3.63) is 35.2 Å². The lowest BCUT2D eigenvalue weighted by atomic mass is 10.1. The second kappa shape index (κ2) is 11.1. The zero-order valence-electron chi connectivity index (χ0n) is 16.9. The summed E-state index contributed by atoms with van der Waals surface area (Å²) in [4.78, 5) is 11.1. The molecule has 0 saturated carbocycles. The normalized spacial score (nSPS) is 17.1. The molecular formula is C20H28ClN5O3. The first-order valence-electron chi connectivity index (χ1n) is 9.80. The van der Waals surface area contributed by atoms with Crippen molar-refractivity contribution in [1.29, 1.82) is 0 Å². The molecule has 2 aromatic rings. The van der Waals surface area contributed by atoms with E-state index in [0.717, 1.165) is 37.6 Å². The number of hydrogen-bond donors (Lipinski definition) is 1. The van der Waals surface area contributed by atoms with Gasteiger partial charge in [-0.2, -0.15) is 4.98 Å². The van der Waals surface area contributed by atoms with E-state index >= 15 is 0 Å². The fourth-order valence-electron chi connectivity index (χ4n) is 3.24. The van der Waals surface area contributed by atoms with Gasteiger partial charge in [0.15, 0.2) is 5.96 Å². The average Bonchev–Trinajstić information content (AvgIpc) is 3.39. The van der Waals surface area contributed by atoms with E-state index < -0.39 is 0 Å². The Hall–Kier alpha value is -2.16. The first kappa shape index (κ1) is 21.5. The van der Waals surface area contributed by atoms with Crippen LogP contribution in [0.4, 0.5) is 0 Å². The van der Waals surface area contributed by atoms with E-state index in [1.807, 2.05) is 24.3 Å². The topological polar surface area (TPSA) is 85.0 Å². The van der Waals surface area contributed by atoms with Crippen LogP contribution in [0.5, 0.6) is 0 Å². The lowest BCUT2D eigenvalue weighted by molar-refractivity contribution is 0.0536. The lowest BCUT2D eigenvalue weighted by Gasteiger charge is -2.21. The van der Waals surface area contributed by atoms with Gasteiger partial charge >= 0.3 is 0 Å². The third-order valence-electron chi connectivity index (χ3n) is 4.78. The Morgan fingerprint density at radius 1 is 1.34 bits per heavy atom. The molecule has 1 aliphatic heterocycles. The van der Waals surface area contributed by atoms with Crippen molar-refractivity contribution in [3.8, 4) is 11.4 Å². The number of rotatable bonds is 9. The van der Waals surface area contributed by atoms with Gasteiger partial charge in [0.1, 0.15) is 0 Å². The van der Waals surface area contributed by atoms with Crippen LogP contribution in [-0.2, 0) is 15.9 Å². The summed E-state index contributed by atoms with van der Waals surface area (Å²) in [5.41, 5.74) is 0.879. The van der Waals surface area contributed by atoms with E-state index in [4.69, 9.17) is 25.6 Å². The van der Waals surface area contributed by atoms with E-state index in [-0.39, 0.29) is 0 Å². The molecule has 1 fully saturated rings. The quantitative estimate of drug-likeness (QED) is 0.378. The number of methoxy groups -OCH3 is 1. The maximum atomic E-state index is 5.92. The summed E-state index contributed by atoms with van der Waals surface area (Å²) < 4.78 is 16.0. The number of guanidine groups is 1. The number of aliphatic imine (C=N–C) groups is 1. The van der Waals surface area contributed by atoms with Gasteiger partial charge in [-0.05, 0) is 30.7 Å². The Labute approximate surface area is 176 Å². The molecule has 0 spiro atoms. The molecule has 8 nitrogen and oxygen atoms in total. The van der Waals surface area contributed by atoms with Gasteiger partial charge in [0, 0.05) is 56.7 Å². The average molecular weight is 422 g/mol. The van der Waals surface area contributed by atoms with Gasteiger partial charge in [0.05, 0.1) is 19.8 Å². The molecule has 2 heterocycles. The number of ether oxygens (including phenoxy) is 2. The van der Waals surface area contributed by atoms with E-state index in [1.54, 1.807) is 14.2 Å². The monoisotopic (exact) mass is 421 g/mol.